The zero-order valence-corrected chi connectivity index (χ0v) is 11.1. The van der Waals surface area contributed by atoms with E-state index in [1.54, 1.807) is 23.5 Å². The molecule has 0 saturated carbocycles. The monoisotopic (exact) mass is 273 g/mol. The highest BCUT2D eigenvalue weighted by molar-refractivity contribution is 7.07. The van der Waals surface area contributed by atoms with Crippen LogP contribution in [0.25, 0.3) is 0 Å². The number of nitro groups is 1. The predicted octanol–water partition coefficient (Wildman–Crippen LogP) is 3.16. The van der Waals surface area contributed by atoms with Crippen molar-refractivity contribution in [2.24, 2.45) is 0 Å². The standard InChI is InChI=1S/C13H11N3O2S/c1-15(8-10-4-5-19-9-10)12-2-3-13(16(17)18)11(6-12)7-14/h2-6,9H,8H2,1H3. The summed E-state index contributed by atoms with van der Waals surface area (Å²) in [7, 11) is 1.89. The Morgan fingerprint density at radius 1 is 1.47 bits per heavy atom. The van der Waals surface area contributed by atoms with Crippen molar-refractivity contribution in [2.75, 3.05) is 11.9 Å². The maximum atomic E-state index is 10.8. The number of thiophene rings is 1. The number of rotatable bonds is 4. The third-order valence-corrected chi connectivity index (χ3v) is 3.47. The zero-order valence-electron chi connectivity index (χ0n) is 10.2. The van der Waals surface area contributed by atoms with E-state index in [0.717, 1.165) is 5.69 Å². The van der Waals surface area contributed by atoms with E-state index in [1.165, 1.54) is 11.6 Å². The van der Waals surface area contributed by atoms with Crippen LogP contribution in [0.4, 0.5) is 11.4 Å². The van der Waals surface area contributed by atoms with Crippen LogP contribution in [0, 0.1) is 21.4 Å². The van der Waals surface area contributed by atoms with Crippen LogP contribution in [0.2, 0.25) is 0 Å². The summed E-state index contributed by atoms with van der Waals surface area (Å²) in [6, 6.07) is 8.47. The van der Waals surface area contributed by atoms with Crippen LogP contribution >= 0.6 is 11.3 Å². The van der Waals surface area contributed by atoms with Crippen LogP contribution in [0.1, 0.15) is 11.1 Å². The summed E-state index contributed by atoms with van der Waals surface area (Å²) in [4.78, 5) is 12.2. The molecule has 2 aromatic rings. The molecule has 0 bridgehead atoms. The number of nitriles is 1. The number of nitrogens with zero attached hydrogens (tertiary/aromatic N) is 3. The van der Waals surface area contributed by atoms with Gasteiger partial charge < -0.3 is 4.90 Å². The summed E-state index contributed by atoms with van der Waals surface area (Å²) in [6.07, 6.45) is 0. The van der Waals surface area contributed by atoms with Gasteiger partial charge in [0.05, 0.1) is 4.92 Å². The van der Waals surface area contributed by atoms with Gasteiger partial charge in [0.2, 0.25) is 0 Å². The number of benzene rings is 1. The SMILES string of the molecule is CN(Cc1ccsc1)c1ccc([N+](=O)[O-])c(C#N)c1. The third kappa shape index (κ3) is 2.89. The quantitative estimate of drug-likeness (QED) is 0.633. The first-order valence-corrected chi connectivity index (χ1v) is 6.47. The maximum absolute atomic E-state index is 10.8. The molecule has 2 rings (SSSR count). The summed E-state index contributed by atoms with van der Waals surface area (Å²) in [6.45, 7) is 0.701. The molecule has 1 aromatic carbocycles. The van der Waals surface area contributed by atoms with E-state index in [-0.39, 0.29) is 11.3 Å². The number of nitro benzene ring substituents is 1. The van der Waals surface area contributed by atoms with Crippen molar-refractivity contribution >= 4 is 22.7 Å². The summed E-state index contributed by atoms with van der Waals surface area (Å²) < 4.78 is 0. The molecule has 0 atom stereocenters. The van der Waals surface area contributed by atoms with Gasteiger partial charge in [-0.05, 0) is 34.5 Å². The van der Waals surface area contributed by atoms with Gasteiger partial charge in [0, 0.05) is 25.3 Å². The zero-order chi connectivity index (χ0) is 13.8. The first-order valence-electron chi connectivity index (χ1n) is 5.52. The topological polar surface area (TPSA) is 70.2 Å². The molecule has 0 spiro atoms. The Kier molecular flexibility index (Phi) is 3.78. The second-order valence-corrected chi connectivity index (χ2v) is 4.84. The molecular formula is C13H11N3O2S. The van der Waals surface area contributed by atoms with Crippen LogP contribution in [0.5, 0.6) is 0 Å². The Morgan fingerprint density at radius 3 is 2.84 bits per heavy atom. The lowest BCUT2D eigenvalue weighted by Gasteiger charge is -2.18. The molecule has 6 heteroatoms. The third-order valence-electron chi connectivity index (χ3n) is 2.74. The van der Waals surface area contributed by atoms with Gasteiger partial charge in [-0.25, -0.2) is 0 Å². The highest BCUT2D eigenvalue weighted by Crippen LogP contribution is 2.25. The van der Waals surface area contributed by atoms with Crippen LogP contribution in [-0.2, 0) is 6.54 Å². The van der Waals surface area contributed by atoms with E-state index >= 15 is 0 Å². The van der Waals surface area contributed by atoms with Crippen LogP contribution < -0.4 is 4.90 Å². The number of hydrogen-bond acceptors (Lipinski definition) is 5. The molecule has 0 radical (unpaired) electrons. The van der Waals surface area contributed by atoms with Crippen molar-refractivity contribution in [3.8, 4) is 6.07 Å². The molecule has 96 valence electrons. The average molecular weight is 273 g/mol. The van der Waals surface area contributed by atoms with Crippen LogP contribution in [-0.4, -0.2) is 12.0 Å². The van der Waals surface area contributed by atoms with E-state index in [1.807, 2.05) is 34.8 Å². The summed E-state index contributed by atoms with van der Waals surface area (Å²) >= 11 is 1.62. The van der Waals surface area contributed by atoms with E-state index < -0.39 is 4.92 Å². The lowest BCUT2D eigenvalue weighted by Crippen LogP contribution is -2.16. The molecule has 0 aliphatic heterocycles. The molecule has 0 aliphatic carbocycles. The fraction of sp³-hybridized carbons (Fsp3) is 0.154. The van der Waals surface area contributed by atoms with E-state index in [0.29, 0.717) is 6.54 Å². The number of anilines is 1. The van der Waals surface area contributed by atoms with Crippen molar-refractivity contribution in [3.05, 3.63) is 56.3 Å². The van der Waals surface area contributed by atoms with Crippen molar-refractivity contribution in [2.45, 2.75) is 6.54 Å². The normalized spacial score (nSPS) is 9.89. The van der Waals surface area contributed by atoms with E-state index in [9.17, 15) is 10.1 Å². The maximum Gasteiger partial charge on any atom is 0.287 e. The molecule has 1 heterocycles. The lowest BCUT2D eigenvalue weighted by atomic mass is 10.1. The fourth-order valence-corrected chi connectivity index (χ4v) is 2.42. The van der Waals surface area contributed by atoms with Gasteiger partial charge in [0.15, 0.2) is 0 Å². The minimum Gasteiger partial charge on any atom is -0.370 e. The van der Waals surface area contributed by atoms with E-state index in [4.69, 9.17) is 5.26 Å². The number of hydrogen-bond donors (Lipinski definition) is 0. The Morgan fingerprint density at radius 2 is 2.26 bits per heavy atom. The molecular weight excluding hydrogens is 262 g/mol. The summed E-state index contributed by atoms with van der Waals surface area (Å²) in [5.74, 6) is 0. The fourth-order valence-electron chi connectivity index (χ4n) is 1.76. The van der Waals surface area contributed by atoms with Crippen molar-refractivity contribution in [1.29, 1.82) is 5.26 Å². The van der Waals surface area contributed by atoms with Gasteiger partial charge in [-0.2, -0.15) is 16.6 Å². The molecule has 0 N–H and O–H groups in total. The first-order chi connectivity index (χ1) is 9.11. The highest BCUT2D eigenvalue weighted by Gasteiger charge is 2.15. The molecule has 0 saturated heterocycles. The molecule has 19 heavy (non-hydrogen) atoms. The second kappa shape index (κ2) is 5.50. The predicted molar refractivity (Wildman–Crippen MR) is 74.2 cm³/mol. The lowest BCUT2D eigenvalue weighted by molar-refractivity contribution is -0.385. The minimum atomic E-state index is -0.540. The summed E-state index contributed by atoms with van der Waals surface area (Å²) in [5, 5.41) is 23.8. The van der Waals surface area contributed by atoms with Gasteiger partial charge in [0.25, 0.3) is 5.69 Å². The minimum absolute atomic E-state index is 0.0830. The molecule has 0 fully saturated rings. The van der Waals surface area contributed by atoms with Gasteiger partial charge in [-0.15, -0.1) is 0 Å². The summed E-state index contributed by atoms with van der Waals surface area (Å²) in [5.41, 5.74) is 1.88. The Labute approximate surface area is 114 Å². The van der Waals surface area contributed by atoms with E-state index in [2.05, 4.69) is 0 Å². The molecule has 1 aromatic heterocycles. The highest BCUT2D eigenvalue weighted by atomic mass is 32.1. The Bertz CT molecular complexity index is 632. The largest absolute Gasteiger partial charge is 0.370 e. The first kappa shape index (κ1) is 13.1. The van der Waals surface area contributed by atoms with Crippen molar-refractivity contribution in [1.82, 2.24) is 0 Å². The Balaban J connectivity index is 2.26. The second-order valence-electron chi connectivity index (χ2n) is 4.06. The van der Waals surface area contributed by atoms with Crippen molar-refractivity contribution < 1.29 is 4.92 Å². The average Bonchev–Trinajstić information content (AvgIpc) is 2.90. The van der Waals surface area contributed by atoms with Gasteiger partial charge in [-0.3, -0.25) is 10.1 Å². The van der Waals surface area contributed by atoms with Crippen LogP contribution in [0.15, 0.2) is 35.0 Å². The Hall–Kier alpha value is -2.39. The van der Waals surface area contributed by atoms with Crippen LogP contribution in [0.3, 0.4) is 0 Å². The van der Waals surface area contributed by atoms with Crippen molar-refractivity contribution in [3.63, 3.8) is 0 Å². The molecule has 0 amide bonds. The molecule has 0 unspecified atom stereocenters. The smallest absolute Gasteiger partial charge is 0.287 e. The van der Waals surface area contributed by atoms with Gasteiger partial charge >= 0.3 is 0 Å². The van der Waals surface area contributed by atoms with Gasteiger partial charge in [-0.1, -0.05) is 0 Å². The molecule has 5 nitrogen and oxygen atoms in total. The van der Waals surface area contributed by atoms with Gasteiger partial charge in [0.1, 0.15) is 11.6 Å². The molecule has 0 aliphatic rings.